The lowest BCUT2D eigenvalue weighted by Crippen LogP contribution is -2.42. The number of piperidine rings is 1. The zero-order valence-corrected chi connectivity index (χ0v) is 8.09. The van der Waals surface area contributed by atoms with Gasteiger partial charge in [0.25, 0.3) is 0 Å². The quantitative estimate of drug-likeness (QED) is 0.641. The average molecular weight is 205 g/mol. The Morgan fingerprint density at radius 3 is 2.31 bits per heavy atom. The van der Waals surface area contributed by atoms with E-state index in [-0.39, 0.29) is 23.6 Å². The van der Waals surface area contributed by atoms with Crippen molar-refractivity contribution in [1.82, 2.24) is 4.90 Å². The molecule has 5 heteroatoms. The van der Waals surface area contributed by atoms with Gasteiger partial charge in [-0.25, -0.2) is 0 Å². The van der Waals surface area contributed by atoms with Crippen molar-refractivity contribution in [2.45, 2.75) is 12.8 Å². The van der Waals surface area contributed by atoms with Crippen LogP contribution < -0.4 is 5.73 Å². The van der Waals surface area contributed by atoms with Gasteiger partial charge in [-0.1, -0.05) is 0 Å². The van der Waals surface area contributed by atoms with E-state index in [4.69, 9.17) is 17.3 Å². The van der Waals surface area contributed by atoms with Crippen LogP contribution in [0.4, 0.5) is 0 Å². The van der Waals surface area contributed by atoms with Crippen LogP contribution in [-0.4, -0.2) is 35.7 Å². The van der Waals surface area contributed by atoms with E-state index in [1.807, 2.05) is 0 Å². The number of nitrogens with two attached hydrogens (primary N) is 1. The van der Waals surface area contributed by atoms with E-state index in [0.29, 0.717) is 25.9 Å². The minimum atomic E-state index is -0.266. The third-order valence-electron chi connectivity index (χ3n) is 2.36. The lowest BCUT2D eigenvalue weighted by molar-refractivity contribution is -0.132. The largest absolute Gasteiger partial charge is 0.369 e. The standard InChI is InChI=1S/C8H13ClN2O2/c9-5-7(12)11-3-1-6(2-4-11)8(10)13/h6H,1-5H2,(H2,10,13). The van der Waals surface area contributed by atoms with Gasteiger partial charge in [-0.15, -0.1) is 11.6 Å². The molecule has 1 fully saturated rings. The average Bonchev–Trinajstić information content (AvgIpc) is 2.17. The van der Waals surface area contributed by atoms with Crippen LogP contribution in [0.15, 0.2) is 0 Å². The van der Waals surface area contributed by atoms with Crippen molar-refractivity contribution in [3.05, 3.63) is 0 Å². The lowest BCUT2D eigenvalue weighted by Gasteiger charge is -2.29. The summed E-state index contributed by atoms with van der Waals surface area (Å²) in [6.07, 6.45) is 1.33. The summed E-state index contributed by atoms with van der Waals surface area (Å²) >= 11 is 5.40. The molecule has 2 N–H and O–H groups in total. The maximum Gasteiger partial charge on any atom is 0.237 e. The molecule has 0 saturated carbocycles. The number of hydrogen-bond donors (Lipinski definition) is 1. The van der Waals surface area contributed by atoms with Gasteiger partial charge in [-0.2, -0.15) is 0 Å². The minimum absolute atomic E-state index is 0.0151. The summed E-state index contributed by atoms with van der Waals surface area (Å²) in [5.74, 6) is -0.386. The van der Waals surface area contributed by atoms with Gasteiger partial charge >= 0.3 is 0 Å². The summed E-state index contributed by atoms with van der Waals surface area (Å²) in [5, 5.41) is 0. The van der Waals surface area contributed by atoms with Crippen molar-refractivity contribution in [2.24, 2.45) is 11.7 Å². The van der Waals surface area contributed by atoms with Crippen LogP contribution in [0.5, 0.6) is 0 Å². The molecular weight excluding hydrogens is 192 g/mol. The van der Waals surface area contributed by atoms with Crippen molar-refractivity contribution >= 4 is 23.4 Å². The summed E-state index contributed by atoms with van der Waals surface area (Å²) in [7, 11) is 0. The molecular formula is C8H13ClN2O2. The second kappa shape index (κ2) is 4.46. The Hall–Kier alpha value is -0.770. The third-order valence-corrected chi connectivity index (χ3v) is 2.59. The first-order valence-electron chi connectivity index (χ1n) is 4.28. The van der Waals surface area contributed by atoms with Crippen LogP contribution in [0, 0.1) is 5.92 Å². The second-order valence-electron chi connectivity index (χ2n) is 3.19. The second-order valence-corrected chi connectivity index (χ2v) is 3.46. The number of hydrogen-bond acceptors (Lipinski definition) is 2. The normalized spacial score (nSPS) is 18.7. The molecule has 13 heavy (non-hydrogen) atoms. The zero-order valence-electron chi connectivity index (χ0n) is 7.33. The van der Waals surface area contributed by atoms with E-state index >= 15 is 0 Å². The maximum atomic E-state index is 11.1. The van der Waals surface area contributed by atoms with Gasteiger partial charge in [-0.05, 0) is 12.8 Å². The predicted octanol–water partition coefficient (Wildman–Crippen LogP) is -0.0509. The van der Waals surface area contributed by atoms with Crippen LogP contribution in [0.3, 0.4) is 0 Å². The summed E-state index contributed by atoms with van der Waals surface area (Å²) in [5.41, 5.74) is 5.15. The molecule has 0 spiro atoms. The van der Waals surface area contributed by atoms with E-state index in [2.05, 4.69) is 0 Å². The number of carbonyl (C=O) groups is 2. The Morgan fingerprint density at radius 1 is 1.38 bits per heavy atom. The Balaban J connectivity index is 2.39. The van der Waals surface area contributed by atoms with Gasteiger partial charge in [0.15, 0.2) is 0 Å². The molecule has 0 aromatic carbocycles. The van der Waals surface area contributed by atoms with E-state index in [1.54, 1.807) is 4.90 Å². The third kappa shape index (κ3) is 2.59. The number of primary amides is 1. The van der Waals surface area contributed by atoms with Crippen molar-refractivity contribution < 1.29 is 9.59 Å². The molecule has 4 nitrogen and oxygen atoms in total. The van der Waals surface area contributed by atoms with Crippen LogP contribution in [0.2, 0.25) is 0 Å². The molecule has 0 bridgehead atoms. The number of rotatable bonds is 2. The van der Waals surface area contributed by atoms with Crippen molar-refractivity contribution in [3.8, 4) is 0 Å². The topological polar surface area (TPSA) is 63.4 Å². The number of carbonyl (C=O) groups excluding carboxylic acids is 2. The Morgan fingerprint density at radius 2 is 1.92 bits per heavy atom. The first kappa shape index (κ1) is 10.3. The molecule has 0 unspecified atom stereocenters. The van der Waals surface area contributed by atoms with E-state index < -0.39 is 0 Å². The fourth-order valence-electron chi connectivity index (χ4n) is 1.50. The van der Waals surface area contributed by atoms with Crippen molar-refractivity contribution in [3.63, 3.8) is 0 Å². The van der Waals surface area contributed by atoms with Gasteiger partial charge < -0.3 is 10.6 Å². The summed E-state index contributed by atoms with van der Waals surface area (Å²) in [6, 6.07) is 0. The Kier molecular flexibility index (Phi) is 3.54. The van der Waals surface area contributed by atoms with Gasteiger partial charge in [0, 0.05) is 19.0 Å². The van der Waals surface area contributed by atoms with Gasteiger partial charge in [0.2, 0.25) is 11.8 Å². The van der Waals surface area contributed by atoms with Gasteiger partial charge in [-0.3, -0.25) is 9.59 Å². The van der Waals surface area contributed by atoms with E-state index in [9.17, 15) is 9.59 Å². The van der Waals surface area contributed by atoms with Crippen LogP contribution in [0.1, 0.15) is 12.8 Å². The van der Waals surface area contributed by atoms with E-state index in [0.717, 1.165) is 0 Å². The molecule has 1 aliphatic heterocycles. The number of halogens is 1. The molecule has 2 amide bonds. The highest BCUT2D eigenvalue weighted by molar-refractivity contribution is 6.27. The molecule has 0 radical (unpaired) electrons. The maximum absolute atomic E-state index is 11.1. The molecule has 1 aliphatic rings. The molecule has 1 heterocycles. The SMILES string of the molecule is NC(=O)C1CCN(C(=O)CCl)CC1. The molecule has 0 atom stereocenters. The number of alkyl halides is 1. The molecule has 1 saturated heterocycles. The smallest absolute Gasteiger partial charge is 0.237 e. The number of likely N-dealkylation sites (tertiary alicyclic amines) is 1. The summed E-state index contributed by atoms with van der Waals surface area (Å²) in [6.45, 7) is 1.19. The van der Waals surface area contributed by atoms with Crippen LogP contribution in [-0.2, 0) is 9.59 Å². The van der Waals surface area contributed by atoms with Crippen molar-refractivity contribution in [1.29, 1.82) is 0 Å². The highest BCUT2D eigenvalue weighted by atomic mass is 35.5. The molecule has 0 aromatic rings. The molecule has 1 rings (SSSR count). The fourth-order valence-corrected chi connectivity index (χ4v) is 1.67. The molecule has 0 aliphatic carbocycles. The highest BCUT2D eigenvalue weighted by Crippen LogP contribution is 2.16. The first-order chi connectivity index (χ1) is 6.15. The summed E-state index contributed by atoms with van der Waals surface area (Å²) in [4.78, 5) is 23.6. The van der Waals surface area contributed by atoms with Gasteiger partial charge in [0.05, 0.1) is 0 Å². The number of nitrogens with zero attached hydrogens (tertiary/aromatic N) is 1. The number of amides is 2. The van der Waals surface area contributed by atoms with Crippen molar-refractivity contribution in [2.75, 3.05) is 19.0 Å². The predicted molar refractivity (Wildman–Crippen MR) is 49.2 cm³/mol. The van der Waals surface area contributed by atoms with Crippen LogP contribution in [0.25, 0.3) is 0 Å². The van der Waals surface area contributed by atoms with E-state index in [1.165, 1.54) is 0 Å². The molecule has 74 valence electrons. The Bertz CT molecular complexity index is 212. The Labute approximate surface area is 82.0 Å². The summed E-state index contributed by atoms with van der Waals surface area (Å²) < 4.78 is 0. The lowest BCUT2D eigenvalue weighted by atomic mass is 9.96. The molecule has 0 aromatic heterocycles. The minimum Gasteiger partial charge on any atom is -0.369 e. The zero-order chi connectivity index (χ0) is 9.84. The van der Waals surface area contributed by atoms with Crippen LogP contribution >= 0.6 is 11.6 Å². The van der Waals surface area contributed by atoms with Gasteiger partial charge in [0.1, 0.15) is 5.88 Å². The highest BCUT2D eigenvalue weighted by Gasteiger charge is 2.24. The fraction of sp³-hybridized carbons (Fsp3) is 0.750. The first-order valence-corrected chi connectivity index (χ1v) is 4.81. The monoisotopic (exact) mass is 204 g/mol.